The van der Waals surface area contributed by atoms with Crippen molar-refractivity contribution in [3.63, 3.8) is 0 Å². The number of hydrogen-bond donors (Lipinski definition) is 1. The molecule has 2 saturated heterocycles. The average molecular weight is 328 g/mol. The molecule has 7 heteroatoms. The fourth-order valence-corrected chi connectivity index (χ4v) is 2.71. The van der Waals surface area contributed by atoms with Crippen molar-refractivity contribution in [3.8, 4) is 0 Å². The predicted octanol–water partition coefficient (Wildman–Crippen LogP) is 0.763. The van der Waals surface area contributed by atoms with Gasteiger partial charge in [0.15, 0.2) is 0 Å². The summed E-state index contributed by atoms with van der Waals surface area (Å²) < 4.78 is 5.08. The molecular weight excluding hydrogens is 301 g/mol. The van der Waals surface area contributed by atoms with Crippen molar-refractivity contribution in [3.05, 3.63) is 0 Å². The summed E-state index contributed by atoms with van der Waals surface area (Å²) in [6.07, 6.45) is 3.04. The highest BCUT2D eigenvalue weighted by atomic mass is 35.5. The SMILES string of the molecule is COCCN1CCN(C(=O)CC2CCCN2)CC1.Cl.Cl. The normalized spacial score (nSPS) is 23.1. The van der Waals surface area contributed by atoms with Crippen LogP contribution < -0.4 is 5.32 Å². The summed E-state index contributed by atoms with van der Waals surface area (Å²) in [6.45, 7) is 6.52. The van der Waals surface area contributed by atoms with E-state index in [0.717, 1.165) is 52.3 Å². The van der Waals surface area contributed by atoms with Crippen molar-refractivity contribution in [2.45, 2.75) is 25.3 Å². The Hall–Kier alpha value is -0.0700. The zero-order valence-electron chi connectivity index (χ0n) is 12.2. The third-order valence-corrected chi connectivity index (χ3v) is 3.92. The molecular formula is C13H27Cl2N3O2. The molecule has 1 N–H and O–H groups in total. The van der Waals surface area contributed by atoms with Crippen molar-refractivity contribution in [1.29, 1.82) is 0 Å². The summed E-state index contributed by atoms with van der Waals surface area (Å²) in [5, 5.41) is 3.39. The van der Waals surface area contributed by atoms with Gasteiger partial charge in [-0.2, -0.15) is 0 Å². The first kappa shape index (κ1) is 19.9. The fraction of sp³-hybridized carbons (Fsp3) is 0.923. The lowest BCUT2D eigenvalue weighted by Gasteiger charge is -2.35. The van der Waals surface area contributed by atoms with Crippen molar-refractivity contribution in [1.82, 2.24) is 15.1 Å². The van der Waals surface area contributed by atoms with Crippen LogP contribution >= 0.6 is 24.8 Å². The minimum Gasteiger partial charge on any atom is -0.383 e. The van der Waals surface area contributed by atoms with E-state index in [-0.39, 0.29) is 24.8 Å². The highest BCUT2D eigenvalue weighted by Gasteiger charge is 2.24. The van der Waals surface area contributed by atoms with E-state index < -0.39 is 0 Å². The Labute approximate surface area is 134 Å². The van der Waals surface area contributed by atoms with Crippen LogP contribution in [-0.2, 0) is 9.53 Å². The number of hydrogen-bond acceptors (Lipinski definition) is 4. The third-order valence-electron chi connectivity index (χ3n) is 3.92. The van der Waals surface area contributed by atoms with Crippen LogP contribution in [0, 0.1) is 0 Å². The zero-order valence-corrected chi connectivity index (χ0v) is 13.8. The third kappa shape index (κ3) is 6.14. The van der Waals surface area contributed by atoms with Gasteiger partial charge < -0.3 is 15.0 Å². The molecule has 2 rings (SSSR count). The number of nitrogens with one attached hydrogen (secondary N) is 1. The second-order valence-electron chi connectivity index (χ2n) is 5.21. The van der Waals surface area contributed by atoms with E-state index in [1.54, 1.807) is 7.11 Å². The summed E-state index contributed by atoms with van der Waals surface area (Å²) in [5.41, 5.74) is 0. The summed E-state index contributed by atoms with van der Waals surface area (Å²) in [6, 6.07) is 0.420. The Morgan fingerprint density at radius 2 is 1.95 bits per heavy atom. The highest BCUT2D eigenvalue weighted by Crippen LogP contribution is 2.11. The highest BCUT2D eigenvalue weighted by molar-refractivity contribution is 5.85. The topological polar surface area (TPSA) is 44.8 Å². The molecule has 20 heavy (non-hydrogen) atoms. The lowest BCUT2D eigenvalue weighted by molar-refractivity contribution is -0.133. The minimum atomic E-state index is 0. The second kappa shape index (κ2) is 10.6. The number of amides is 1. The van der Waals surface area contributed by atoms with Crippen LogP contribution in [0.5, 0.6) is 0 Å². The van der Waals surface area contributed by atoms with Crippen LogP contribution in [-0.4, -0.2) is 74.7 Å². The van der Waals surface area contributed by atoms with Gasteiger partial charge in [0, 0.05) is 52.3 Å². The van der Waals surface area contributed by atoms with Gasteiger partial charge in [-0.25, -0.2) is 0 Å². The van der Waals surface area contributed by atoms with Gasteiger partial charge in [0.25, 0.3) is 0 Å². The lowest BCUT2D eigenvalue weighted by Crippen LogP contribution is -2.50. The van der Waals surface area contributed by atoms with Crippen molar-refractivity contribution >= 4 is 30.7 Å². The van der Waals surface area contributed by atoms with E-state index in [1.807, 2.05) is 4.90 Å². The average Bonchev–Trinajstić information content (AvgIpc) is 2.89. The summed E-state index contributed by atoms with van der Waals surface area (Å²) in [4.78, 5) is 16.5. The van der Waals surface area contributed by atoms with E-state index in [9.17, 15) is 4.79 Å². The molecule has 5 nitrogen and oxygen atoms in total. The second-order valence-corrected chi connectivity index (χ2v) is 5.21. The van der Waals surface area contributed by atoms with E-state index in [2.05, 4.69) is 10.2 Å². The van der Waals surface area contributed by atoms with Crippen molar-refractivity contribution in [2.75, 3.05) is 53.0 Å². The van der Waals surface area contributed by atoms with Gasteiger partial charge in [-0.1, -0.05) is 0 Å². The minimum absolute atomic E-state index is 0. The molecule has 0 bridgehead atoms. The van der Waals surface area contributed by atoms with Crippen LogP contribution in [0.25, 0.3) is 0 Å². The van der Waals surface area contributed by atoms with Crippen LogP contribution in [0.3, 0.4) is 0 Å². The van der Waals surface area contributed by atoms with E-state index in [4.69, 9.17) is 4.74 Å². The van der Waals surface area contributed by atoms with Crippen LogP contribution in [0.15, 0.2) is 0 Å². The quantitative estimate of drug-likeness (QED) is 0.809. The van der Waals surface area contributed by atoms with E-state index in [1.165, 1.54) is 6.42 Å². The summed E-state index contributed by atoms with van der Waals surface area (Å²) in [7, 11) is 1.73. The molecule has 0 aromatic carbocycles. The van der Waals surface area contributed by atoms with Gasteiger partial charge in [-0.15, -0.1) is 24.8 Å². The molecule has 2 aliphatic rings. The van der Waals surface area contributed by atoms with Crippen LogP contribution in [0.2, 0.25) is 0 Å². The molecule has 120 valence electrons. The maximum atomic E-state index is 12.1. The summed E-state index contributed by atoms with van der Waals surface area (Å²) >= 11 is 0. The van der Waals surface area contributed by atoms with E-state index >= 15 is 0 Å². The molecule has 0 spiro atoms. The first-order valence-electron chi connectivity index (χ1n) is 7.02. The molecule has 0 aromatic heterocycles. The molecule has 1 atom stereocenters. The lowest BCUT2D eigenvalue weighted by atomic mass is 10.1. The molecule has 0 aromatic rings. The molecule has 0 radical (unpaired) electrons. The zero-order chi connectivity index (χ0) is 12.8. The molecule has 2 aliphatic heterocycles. The molecule has 2 heterocycles. The number of carbonyl (C=O) groups is 1. The number of carbonyl (C=O) groups excluding carboxylic acids is 1. The molecule has 0 aliphatic carbocycles. The number of nitrogens with zero attached hydrogens (tertiary/aromatic N) is 2. The first-order valence-corrected chi connectivity index (χ1v) is 7.02. The van der Waals surface area contributed by atoms with Gasteiger partial charge in [-0.05, 0) is 19.4 Å². The Morgan fingerprint density at radius 3 is 2.50 bits per heavy atom. The Balaban J connectivity index is 0.00000180. The Bertz CT molecular complexity index is 268. The van der Waals surface area contributed by atoms with Gasteiger partial charge in [0.1, 0.15) is 0 Å². The monoisotopic (exact) mass is 327 g/mol. The maximum absolute atomic E-state index is 12.1. The number of methoxy groups -OCH3 is 1. The molecule has 1 unspecified atom stereocenters. The Morgan fingerprint density at radius 1 is 1.25 bits per heavy atom. The Kier molecular flexibility index (Phi) is 10.6. The van der Waals surface area contributed by atoms with Crippen molar-refractivity contribution < 1.29 is 9.53 Å². The van der Waals surface area contributed by atoms with Crippen molar-refractivity contribution in [2.24, 2.45) is 0 Å². The molecule has 0 saturated carbocycles. The van der Waals surface area contributed by atoms with Gasteiger partial charge >= 0.3 is 0 Å². The fourth-order valence-electron chi connectivity index (χ4n) is 2.71. The number of halogens is 2. The predicted molar refractivity (Wildman–Crippen MR) is 85.0 cm³/mol. The standard InChI is InChI=1S/C13H25N3O2.2ClH/c1-18-10-9-15-5-7-16(8-6-15)13(17)11-12-3-2-4-14-12;;/h12,14H,2-11H2,1H3;2*1H. The van der Waals surface area contributed by atoms with Gasteiger partial charge in [-0.3, -0.25) is 9.69 Å². The largest absolute Gasteiger partial charge is 0.383 e. The van der Waals surface area contributed by atoms with Crippen LogP contribution in [0.1, 0.15) is 19.3 Å². The summed E-state index contributed by atoms with van der Waals surface area (Å²) in [5.74, 6) is 0.320. The number of piperazine rings is 1. The van der Waals surface area contributed by atoms with E-state index in [0.29, 0.717) is 18.4 Å². The smallest absolute Gasteiger partial charge is 0.224 e. The van der Waals surface area contributed by atoms with Gasteiger partial charge in [0.05, 0.1) is 6.61 Å². The molecule has 2 fully saturated rings. The van der Waals surface area contributed by atoms with Gasteiger partial charge in [0.2, 0.25) is 5.91 Å². The van der Waals surface area contributed by atoms with Crippen LogP contribution in [0.4, 0.5) is 0 Å². The first-order chi connectivity index (χ1) is 8.79. The number of ether oxygens (including phenoxy) is 1. The number of rotatable bonds is 5. The molecule has 1 amide bonds. The maximum Gasteiger partial charge on any atom is 0.224 e.